The van der Waals surface area contributed by atoms with Crippen molar-refractivity contribution < 1.29 is 30.5 Å². The van der Waals surface area contributed by atoms with Gasteiger partial charge in [0, 0.05) is 64.0 Å². The van der Waals surface area contributed by atoms with E-state index in [1.54, 1.807) is 0 Å². The van der Waals surface area contributed by atoms with E-state index in [1.165, 1.54) is 0 Å². The number of anilines is 1. The maximum atomic E-state index is 11.3. The average molecular weight is 698 g/mol. The first-order valence-electron chi connectivity index (χ1n) is 16.0. The van der Waals surface area contributed by atoms with Gasteiger partial charge in [0.1, 0.15) is 6.54 Å². The summed E-state index contributed by atoms with van der Waals surface area (Å²) in [4.78, 5) is 2.11. The Morgan fingerprint density at radius 3 is 2.17 bits per heavy atom. The largest absolute Gasteiger partial charge is 0.748 e. The summed E-state index contributed by atoms with van der Waals surface area (Å²) < 4.78 is 70.1. The highest BCUT2D eigenvalue weighted by Crippen LogP contribution is 2.48. The lowest BCUT2D eigenvalue weighted by Crippen LogP contribution is -2.28. The van der Waals surface area contributed by atoms with Gasteiger partial charge in [-0.1, -0.05) is 74.0 Å². The molecule has 0 radical (unpaired) electrons. The minimum Gasteiger partial charge on any atom is -0.748 e. The molecule has 2 aromatic rings. The van der Waals surface area contributed by atoms with Crippen LogP contribution >= 0.6 is 11.6 Å². The zero-order chi connectivity index (χ0) is 34.2. The quantitative estimate of drug-likeness (QED) is 0.188. The fraction of sp³-hybridized carbons (Fsp3) is 0.417. The third-order valence-electron chi connectivity index (χ3n) is 9.49. The number of hydrogen-bond donors (Lipinski definition) is 0. The van der Waals surface area contributed by atoms with Gasteiger partial charge in [-0.2, -0.15) is 4.58 Å². The van der Waals surface area contributed by atoms with Crippen LogP contribution in [0.15, 0.2) is 94.7 Å². The van der Waals surface area contributed by atoms with Crippen molar-refractivity contribution in [3.63, 3.8) is 0 Å². The SMILES string of the molecule is CC1(C)C(/C=C/C2=C(Cl)C(=C/C=C3/N(CCCS(=O)(=O)[O-])c4ccccc4C3(C)C)/CCC2)=[N+](CCCS(=O)(=O)[O-])c2ccccc21. The van der Waals surface area contributed by atoms with E-state index in [1.807, 2.05) is 36.4 Å². The molecule has 2 aromatic carbocycles. The van der Waals surface area contributed by atoms with Crippen molar-refractivity contribution in [2.45, 2.75) is 70.6 Å². The van der Waals surface area contributed by atoms with Gasteiger partial charge >= 0.3 is 0 Å². The highest BCUT2D eigenvalue weighted by atomic mass is 35.5. The Kier molecular flexibility index (Phi) is 10.1. The van der Waals surface area contributed by atoms with Crippen LogP contribution in [0.5, 0.6) is 0 Å². The Bertz CT molecular complexity index is 1940. The first-order chi connectivity index (χ1) is 22.0. The number of benzene rings is 2. The normalized spacial score (nSPS) is 21.0. The minimum absolute atomic E-state index is 0.225. The van der Waals surface area contributed by atoms with Gasteiger partial charge in [0.15, 0.2) is 5.71 Å². The van der Waals surface area contributed by atoms with E-state index in [0.717, 1.165) is 64.3 Å². The zero-order valence-corrected chi connectivity index (χ0v) is 29.7. The third kappa shape index (κ3) is 7.67. The summed E-state index contributed by atoms with van der Waals surface area (Å²) in [5.74, 6) is -0.832. The zero-order valence-electron chi connectivity index (χ0n) is 27.3. The van der Waals surface area contributed by atoms with Crippen LogP contribution in [-0.4, -0.2) is 60.8 Å². The molecule has 5 rings (SSSR count). The Hall–Kier alpha value is -3.02. The molecule has 47 heavy (non-hydrogen) atoms. The number of fused-ring (bicyclic) bond motifs is 2. The van der Waals surface area contributed by atoms with E-state index in [-0.39, 0.29) is 23.7 Å². The van der Waals surface area contributed by atoms with Crippen molar-refractivity contribution in [2.24, 2.45) is 0 Å². The van der Waals surface area contributed by atoms with Crippen LogP contribution in [0.2, 0.25) is 0 Å². The average Bonchev–Trinajstić information content (AvgIpc) is 3.33. The summed E-state index contributed by atoms with van der Waals surface area (Å²) >= 11 is 7.07. The molecule has 0 N–H and O–H groups in total. The molecule has 0 saturated carbocycles. The van der Waals surface area contributed by atoms with Crippen molar-refractivity contribution in [2.75, 3.05) is 29.5 Å². The number of hydrogen-bond acceptors (Lipinski definition) is 7. The van der Waals surface area contributed by atoms with Gasteiger partial charge in [-0.25, -0.2) is 16.8 Å². The number of halogens is 1. The predicted octanol–water partition coefficient (Wildman–Crippen LogP) is 6.77. The van der Waals surface area contributed by atoms with Crippen LogP contribution in [0.4, 0.5) is 11.4 Å². The number of allylic oxidation sites excluding steroid dienone is 8. The Balaban J connectivity index is 1.47. The van der Waals surface area contributed by atoms with Gasteiger partial charge in [-0.05, 0) is 68.4 Å². The van der Waals surface area contributed by atoms with E-state index >= 15 is 0 Å². The maximum absolute atomic E-state index is 11.3. The molecule has 0 amide bonds. The van der Waals surface area contributed by atoms with Gasteiger partial charge < -0.3 is 14.0 Å². The number of para-hydroxylation sites is 2. The second kappa shape index (κ2) is 13.5. The van der Waals surface area contributed by atoms with Crippen LogP contribution in [-0.2, 0) is 31.1 Å². The molecule has 1 aliphatic carbocycles. The third-order valence-corrected chi connectivity index (χ3v) is 11.6. The molecule has 8 nitrogen and oxygen atoms in total. The fourth-order valence-corrected chi connectivity index (χ4v) is 8.41. The maximum Gasteiger partial charge on any atom is 0.209 e. The second-order valence-corrected chi connectivity index (χ2v) is 16.9. The molecule has 2 aliphatic heterocycles. The van der Waals surface area contributed by atoms with E-state index in [4.69, 9.17) is 11.6 Å². The molecule has 252 valence electrons. The predicted molar refractivity (Wildman–Crippen MR) is 186 cm³/mol. The first-order valence-corrected chi connectivity index (χ1v) is 19.5. The molecule has 3 aliphatic rings. The van der Waals surface area contributed by atoms with Crippen molar-refractivity contribution >= 4 is 48.9 Å². The fourth-order valence-electron chi connectivity index (χ4n) is 7.13. The van der Waals surface area contributed by atoms with Crippen molar-refractivity contribution in [1.29, 1.82) is 0 Å². The summed E-state index contributed by atoms with van der Waals surface area (Å²) in [6.45, 7) is 9.38. The van der Waals surface area contributed by atoms with Crippen LogP contribution in [0, 0.1) is 0 Å². The molecular weight excluding hydrogens is 656 g/mol. The number of rotatable bonds is 11. The van der Waals surface area contributed by atoms with Gasteiger partial charge in [-0.3, -0.25) is 0 Å². The standard InChI is InChI=1S/C36H43ClN2O6S2/c1-35(2)28-14-5-7-16-30(28)38(22-10-24-46(40,41)42)32(35)20-18-26-12-9-13-27(34(26)37)19-21-33-36(3,4)29-15-6-8-17-31(29)39(33)23-11-25-47(43,44)45/h5-8,14-21H,9-13,22-25H2,1-4H3,(H-,40,41,42,43,44,45)/p-1. The van der Waals surface area contributed by atoms with Crippen molar-refractivity contribution in [1.82, 2.24) is 0 Å². The minimum atomic E-state index is -4.31. The Morgan fingerprint density at radius 1 is 0.830 bits per heavy atom. The smallest absolute Gasteiger partial charge is 0.209 e. The van der Waals surface area contributed by atoms with Crippen LogP contribution in [0.3, 0.4) is 0 Å². The topological polar surface area (TPSA) is 121 Å². The summed E-state index contributed by atoms with van der Waals surface area (Å²) in [5.41, 5.74) is 7.65. The summed E-state index contributed by atoms with van der Waals surface area (Å²) in [7, 11) is -8.62. The van der Waals surface area contributed by atoms with E-state index in [2.05, 4.69) is 73.6 Å². The molecule has 0 spiro atoms. The van der Waals surface area contributed by atoms with Gasteiger partial charge in [0.05, 0.1) is 25.7 Å². The monoisotopic (exact) mass is 697 g/mol. The molecule has 0 bridgehead atoms. The Morgan fingerprint density at radius 2 is 1.47 bits per heavy atom. The van der Waals surface area contributed by atoms with Crippen molar-refractivity contribution in [3.05, 3.63) is 106 Å². The summed E-state index contributed by atoms with van der Waals surface area (Å²) in [6, 6.07) is 16.1. The molecule has 0 saturated heterocycles. The van der Waals surface area contributed by atoms with Crippen molar-refractivity contribution in [3.8, 4) is 0 Å². The van der Waals surface area contributed by atoms with E-state index in [9.17, 15) is 25.9 Å². The van der Waals surface area contributed by atoms with Crippen LogP contribution < -0.4 is 4.90 Å². The summed E-state index contributed by atoms with van der Waals surface area (Å²) in [5, 5.41) is 0.694. The highest BCUT2D eigenvalue weighted by molar-refractivity contribution is 7.85. The molecule has 0 aromatic heterocycles. The van der Waals surface area contributed by atoms with Crippen LogP contribution in [0.25, 0.3) is 0 Å². The van der Waals surface area contributed by atoms with Crippen LogP contribution in [0.1, 0.15) is 70.9 Å². The summed E-state index contributed by atoms with van der Waals surface area (Å²) in [6.07, 6.45) is 11.3. The first kappa shape index (κ1) is 35.3. The lowest BCUT2D eigenvalue weighted by atomic mass is 9.81. The second-order valence-electron chi connectivity index (χ2n) is 13.5. The lowest BCUT2D eigenvalue weighted by Gasteiger charge is -2.27. The molecule has 11 heteroatoms. The molecule has 0 unspecified atom stereocenters. The van der Waals surface area contributed by atoms with Gasteiger partial charge in [0.2, 0.25) is 5.69 Å². The molecular formula is C36H42ClN2O6S2-. The van der Waals surface area contributed by atoms with Gasteiger partial charge in [0.25, 0.3) is 0 Å². The van der Waals surface area contributed by atoms with E-state index in [0.29, 0.717) is 18.1 Å². The molecule has 2 heterocycles. The Labute approximate surface area is 284 Å². The molecule has 0 fully saturated rings. The van der Waals surface area contributed by atoms with E-state index < -0.39 is 31.7 Å². The van der Waals surface area contributed by atoms with Gasteiger partial charge in [-0.15, -0.1) is 0 Å². The highest BCUT2D eigenvalue weighted by Gasteiger charge is 2.44. The number of nitrogens with zero attached hydrogens (tertiary/aromatic N) is 2. The molecule has 0 atom stereocenters. The lowest BCUT2D eigenvalue weighted by molar-refractivity contribution is -0.437.